The van der Waals surface area contributed by atoms with Crippen molar-refractivity contribution >= 4 is 0 Å². The summed E-state index contributed by atoms with van der Waals surface area (Å²) < 4.78 is 1.94. The Morgan fingerprint density at radius 1 is 1.07 bits per heavy atom. The van der Waals surface area contributed by atoms with Crippen molar-refractivity contribution in [2.24, 2.45) is 0 Å². The van der Waals surface area contributed by atoms with Crippen LogP contribution in [-0.2, 0) is 5.54 Å². The lowest BCUT2D eigenvalue weighted by atomic mass is 9.95. The van der Waals surface area contributed by atoms with Gasteiger partial charge in [-0.1, -0.05) is 55.1 Å². The number of allylic oxidation sites excluding steroid dienone is 1. The molecule has 0 amide bonds. The number of aromatic nitrogens is 4. The first-order valence-corrected chi connectivity index (χ1v) is 9.41. The van der Waals surface area contributed by atoms with Crippen LogP contribution in [0.5, 0.6) is 0 Å². The Morgan fingerprint density at radius 3 is 2.33 bits per heavy atom. The quantitative estimate of drug-likeness (QED) is 0.799. The van der Waals surface area contributed by atoms with Crippen molar-refractivity contribution in [2.45, 2.75) is 45.7 Å². The van der Waals surface area contributed by atoms with Gasteiger partial charge in [-0.3, -0.25) is 4.90 Å². The third-order valence-corrected chi connectivity index (χ3v) is 5.08. The van der Waals surface area contributed by atoms with Crippen molar-refractivity contribution < 1.29 is 0 Å². The number of benzene rings is 1. The summed E-state index contributed by atoms with van der Waals surface area (Å²) in [6, 6.07) is 8.65. The molecule has 1 unspecified atom stereocenters. The van der Waals surface area contributed by atoms with Gasteiger partial charge in [-0.15, -0.1) is 5.10 Å². The predicted molar refractivity (Wildman–Crippen MR) is 109 cm³/mol. The van der Waals surface area contributed by atoms with Crippen LogP contribution in [-0.4, -0.2) is 38.2 Å². The molecule has 0 aliphatic carbocycles. The molecule has 1 aliphatic rings. The maximum Gasteiger partial charge on any atom is 0.173 e. The van der Waals surface area contributed by atoms with E-state index >= 15 is 0 Å². The van der Waals surface area contributed by atoms with E-state index < -0.39 is 0 Å². The number of rotatable bonds is 5. The molecule has 5 heteroatoms. The number of aryl methyl sites for hydroxylation is 1. The predicted octanol–water partition coefficient (Wildman–Crippen LogP) is 4.20. The minimum atomic E-state index is -0.194. The molecule has 2 heterocycles. The van der Waals surface area contributed by atoms with Gasteiger partial charge >= 0.3 is 0 Å². The van der Waals surface area contributed by atoms with E-state index in [4.69, 9.17) is 0 Å². The van der Waals surface area contributed by atoms with Crippen LogP contribution in [0.2, 0.25) is 0 Å². The number of hydrogen-bond acceptors (Lipinski definition) is 4. The maximum atomic E-state index is 4.45. The molecule has 1 aromatic carbocycles. The first-order chi connectivity index (χ1) is 12.8. The molecular formula is C22H29N5. The Labute approximate surface area is 162 Å². The smallest absolute Gasteiger partial charge is 0.173 e. The monoisotopic (exact) mass is 363 g/mol. The minimum Gasteiger partial charge on any atom is -0.285 e. The van der Waals surface area contributed by atoms with E-state index in [0.717, 1.165) is 25.3 Å². The fourth-order valence-electron chi connectivity index (χ4n) is 3.59. The average molecular weight is 364 g/mol. The topological polar surface area (TPSA) is 46.8 Å². The molecule has 0 fully saturated rings. The van der Waals surface area contributed by atoms with E-state index in [9.17, 15) is 0 Å². The highest BCUT2D eigenvalue weighted by Crippen LogP contribution is 2.33. The third kappa shape index (κ3) is 3.93. The molecule has 2 aromatic rings. The van der Waals surface area contributed by atoms with Crippen LogP contribution in [0.15, 0.2) is 60.7 Å². The summed E-state index contributed by atoms with van der Waals surface area (Å²) in [4.78, 5) is 2.43. The Hall–Kier alpha value is -2.53. The lowest BCUT2D eigenvalue weighted by Crippen LogP contribution is -2.38. The van der Waals surface area contributed by atoms with Crippen molar-refractivity contribution in [3.05, 3.63) is 77.7 Å². The van der Waals surface area contributed by atoms with Gasteiger partial charge in [-0.25, -0.2) is 4.68 Å². The molecule has 1 atom stereocenters. The summed E-state index contributed by atoms with van der Waals surface area (Å²) in [6.07, 6.45) is 4.85. The van der Waals surface area contributed by atoms with Crippen LogP contribution in [0.1, 0.15) is 50.2 Å². The first kappa shape index (κ1) is 19.2. The molecule has 5 nitrogen and oxygen atoms in total. The van der Waals surface area contributed by atoms with Crippen LogP contribution in [0.4, 0.5) is 0 Å². The lowest BCUT2D eigenvalue weighted by molar-refractivity contribution is 0.212. The molecule has 0 spiro atoms. The van der Waals surface area contributed by atoms with Gasteiger partial charge in [0, 0.05) is 13.1 Å². The molecule has 0 N–H and O–H groups in total. The number of nitrogens with zero attached hydrogens (tertiary/aromatic N) is 5. The highest BCUT2D eigenvalue weighted by molar-refractivity contribution is 5.36. The molecule has 0 bridgehead atoms. The van der Waals surface area contributed by atoms with Gasteiger partial charge in [0.05, 0.1) is 11.6 Å². The van der Waals surface area contributed by atoms with Crippen molar-refractivity contribution in [3.63, 3.8) is 0 Å². The van der Waals surface area contributed by atoms with Gasteiger partial charge < -0.3 is 0 Å². The van der Waals surface area contributed by atoms with E-state index in [1.807, 2.05) is 16.8 Å². The Morgan fingerprint density at radius 2 is 1.74 bits per heavy atom. The number of tetrazole rings is 1. The van der Waals surface area contributed by atoms with Crippen molar-refractivity contribution in [3.8, 4) is 0 Å². The molecule has 142 valence electrons. The molecule has 1 aromatic heterocycles. The normalized spacial score (nSPS) is 17.0. The zero-order valence-corrected chi connectivity index (χ0v) is 16.8. The summed E-state index contributed by atoms with van der Waals surface area (Å²) in [5, 5.41) is 12.7. The molecule has 27 heavy (non-hydrogen) atoms. The SMILES string of the molecule is C=CC1=C(C=C)CN(C(c2ccc(C)cc2)c2nnnn2C(C)(C)C)CC1. The molecular weight excluding hydrogens is 334 g/mol. The summed E-state index contributed by atoms with van der Waals surface area (Å²) in [6.45, 7) is 18.2. The standard InChI is InChI=1S/C22H29N5/c1-7-17-13-14-26(15-18(17)8-2)20(19-11-9-16(3)10-12-19)21-23-24-25-27(21)22(4,5)6/h7-12,20H,1-2,13-15H2,3-6H3. The van der Waals surface area contributed by atoms with Gasteiger partial charge in [0.15, 0.2) is 5.82 Å². The average Bonchev–Trinajstić information content (AvgIpc) is 3.13. The molecule has 0 radical (unpaired) electrons. The highest BCUT2D eigenvalue weighted by Gasteiger charge is 2.33. The van der Waals surface area contributed by atoms with Gasteiger partial charge in [0.1, 0.15) is 0 Å². The Kier molecular flexibility index (Phi) is 5.42. The second-order valence-corrected chi connectivity index (χ2v) is 8.11. The fourth-order valence-corrected chi connectivity index (χ4v) is 3.59. The van der Waals surface area contributed by atoms with E-state index in [0.29, 0.717) is 0 Å². The van der Waals surface area contributed by atoms with E-state index in [1.165, 1.54) is 22.3 Å². The molecule has 3 rings (SSSR count). The highest BCUT2D eigenvalue weighted by atomic mass is 15.6. The molecule has 0 saturated heterocycles. The summed E-state index contributed by atoms with van der Waals surface area (Å²) >= 11 is 0. The maximum absolute atomic E-state index is 4.45. The fraction of sp³-hybridized carbons (Fsp3) is 0.409. The zero-order chi connectivity index (χ0) is 19.6. The largest absolute Gasteiger partial charge is 0.285 e. The van der Waals surface area contributed by atoms with Gasteiger partial charge in [-0.05, 0) is 61.3 Å². The van der Waals surface area contributed by atoms with Gasteiger partial charge in [-0.2, -0.15) is 0 Å². The van der Waals surface area contributed by atoms with Crippen molar-refractivity contribution in [2.75, 3.05) is 13.1 Å². The van der Waals surface area contributed by atoms with E-state index in [2.05, 4.69) is 85.5 Å². The van der Waals surface area contributed by atoms with Crippen LogP contribution < -0.4 is 0 Å². The lowest BCUT2D eigenvalue weighted by Gasteiger charge is -2.36. The van der Waals surface area contributed by atoms with Crippen LogP contribution >= 0.6 is 0 Å². The summed E-state index contributed by atoms with van der Waals surface area (Å²) in [7, 11) is 0. The van der Waals surface area contributed by atoms with Crippen LogP contribution in [0.3, 0.4) is 0 Å². The second-order valence-electron chi connectivity index (χ2n) is 8.11. The van der Waals surface area contributed by atoms with Gasteiger partial charge in [0.2, 0.25) is 0 Å². The van der Waals surface area contributed by atoms with E-state index in [1.54, 1.807) is 0 Å². The summed E-state index contributed by atoms with van der Waals surface area (Å²) in [5.74, 6) is 0.872. The van der Waals surface area contributed by atoms with Crippen LogP contribution in [0.25, 0.3) is 0 Å². The minimum absolute atomic E-state index is 0.0128. The zero-order valence-electron chi connectivity index (χ0n) is 16.8. The first-order valence-electron chi connectivity index (χ1n) is 9.41. The third-order valence-electron chi connectivity index (χ3n) is 5.08. The summed E-state index contributed by atoms with van der Waals surface area (Å²) in [5.41, 5.74) is 4.75. The van der Waals surface area contributed by atoms with Crippen molar-refractivity contribution in [1.82, 2.24) is 25.1 Å². The second kappa shape index (κ2) is 7.61. The van der Waals surface area contributed by atoms with Crippen LogP contribution in [0, 0.1) is 6.92 Å². The van der Waals surface area contributed by atoms with E-state index in [-0.39, 0.29) is 11.6 Å². The van der Waals surface area contributed by atoms with Crippen molar-refractivity contribution in [1.29, 1.82) is 0 Å². The molecule has 1 aliphatic heterocycles. The molecule has 0 saturated carbocycles. The Bertz CT molecular complexity index is 852. The number of hydrogen-bond donors (Lipinski definition) is 0. The van der Waals surface area contributed by atoms with Gasteiger partial charge in [0.25, 0.3) is 0 Å². The Balaban J connectivity index is 2.09.